The SMILES string of the molecule is COc1ncc(-c2cncc3cc(/C=C4/SC(=S)NC4=O)oc23)cc1C(F)(F)F. The average molecular weight is 437 g/mol. The molecule has 1 aliphatic rings. The van der Waals surface area contributed by atoms with Gasteiger partial charge in [0, 0.05) is 41.2 Å². The van der Waals surface area contributed by atoms with E-state index in [1.165, 1.54) is 24.7 Å². The van der Waals surface area contributed by atoms with Crippen LogP contribution in [0.1, 0.15) is 11.3 Å². The molecule has 6 nitrogen and oxygen atoms in total. The van der Waals surface area contributed by atoms with Crippen molar-refractivity contribution in [2.75, 3.05) is 7.11 Å². The summed E-state index contributed by atoms with van der Waals surface area (Å²) in [6.07, 6.45) is 1.03. The first-order valence-electron chi connectivity index (χ1n) is 8.00. The molecule has 0 bridgehead atoms. The number of aromatic nitrogens is 2. The lowest BCUT2D eigenvalue weighted by Gasteiger charge is -2.12. The summed E-state index contributed by atoms with van der Waals surface area (Å²) in [5.41, 5.74) is -0.195. The lowest BCUT2D eigenvalue weighted by molar-refractivity contribution is -0.139. The number of alkyl halides is 3. The summed E-state index contributed by atoms with van der Waals surface area (Å²) < 4.78 is 50.8. The maximum absolute atomic E-state index is 13.3. The molecule has 1 amide bonds. The van der Waals surface area contributed by atoms with Crippen molar-refractivity contribution < 1.29 is 27.1 Å². The number of hydrogen-bond donors (Lipinski definition) is 1. The van der Waals surface area contributed by atoms with Crippen LogP contribution in [0.3, 0.4) is 0 Å². The zero-order chi connectivity index (χ0) is 20.8. The fraction of sp³-hybridized carbons (Fsp3) is 0.111. The van der Waals surface area contributed by atoms with Gasteiger partial charge in [-0.05, 0) is 12.1 Å². The first kappa shape index (κ1) is 19.4. The van der Waals surface area contributed by atoms with Gasteiger partial charge in [-0.25, -0.2) is 4.98 Å². The standard InChI is InChI=1S/C18H10F3N3O3S2/c1-26-16-12(18(19,20)21)3-8(6-23-16)11-7-22-5-9-2-10(27-14(9)11)4-13-15(25)24-17(28)29-13/h2-7H,1H3,(H,24,25,28)/b13-4+. The molecule has 148 valence electrons. The Labute approximate surface area is 171 Å². The molecule has 0 aromatic carbocycles. The van der Waals surface area contributed by atoms with E-state index in [2.05, 4.69) is 15.3 Å². The molecule has 0 spiro atoms. The summed E-state index contributed by atoms with van der Waals surface area (Å²) in [5.74, 6) is -0.520. The number of ether oxygens (including phenoxy) is 1. The van der Waals surface area contributed by atoms with Gasteiger partial charge in [0.25, 0.3) is 5.91 Å². The van der Waals surface area contributed by atoms with E-state index >= 15 is 0 Å². The van der Waals surface area contributed by atoms with E-state index in [1.54, 1.807) is 6.07 Å². The highest BCUT2D eigenvalue weighted by Crippen LogP contribution is 2.39. The predicted octanol–water partition coefficient (Wildman–Crippen LogP) is 4.41. The molecule has 4 heterocycles. The number of nitrogens with zero attached hydrogens (tertiary/aromatic N) is 2. The Hall–Kier alpha value is -2.92. The van der Waals surface area contributed by atoms with Crippen LogP contribution in [-0.2, 0) is 11.0 Å². The molecule has 1 N–H and O–H groups in total. The number of carbonyl (C=O) groups excluding carboxylic acids is 1. The van der Waals surface area contributed by atoms with Gasteiger partial charge in [0.2, 0.25) is 5.88 Å². The lowest BCUT2D eigenvalue weighted by Crippen LogP contribution is -2.17. The molecular weight excluding hydrogens is 427 g/mol. The van der Waals surface area contributed by atoms with E-state index in [-0.39, 0.29) is 11.5 Å². The molecule has 0 aliphatic carbocycles. The number of halogens is 3. The fourth-order valence-corrected chi connectivity index (χ4v) is 3.80. The van der Waals surface area contributed by atoms with E-state index in [0.717, 1.165) is 24.9 Å². The second-order valence-electron chi connectivity index (χ2n) is 5.89. The minimum absolute atomic E-state index is 0.166. The molecule has 29 heavy (non-hydrogen) atoms. The summed E-state index contributed by atoms with van der Waals surface area (Å²) in [6.45, 7) is 0. The molecule has 3 aromatic heterocycles. The summed E-state index contributed by atoms with van der Waals surface area (Å²) in [7, 11) is 1.12. The van der Waals surface area contributed by atoms with Gasteiger partial charge in [-0.3, -0.25) is 9.78 Å². The van der Waals surface area contributed by atoms with Crippen molar-refractivity contribution in [1.82, 2.24) is 15.3 Å². The number of nitrogens with one attached hydrogen (secondary N) is 1. The predicted molar refractivity (Wildman–Crippen MR) is 105 cm³/mol. The monoisotopic (exact) mass is 437 g/mol. The zero-order valence-corrected chi connectivity index (χ0v) is 16.2. The molecule has 1 saturated heterocycles. The summed E-state index contributed by atoms with van der Waals surface area (Å²) in [5, 5.41) is 3.06. The number of fused-ring (bicyclic) bond motifs is 1. The van der Waals surface area contributed by atoms with Crippen molar-refractivity contribution in [1.29, 1.82) is 0 Å². The number of carbonyl (C=O) groups is 1. The van der Waals surface area contributed by atoms with Crippen molar-refractivity contribution in [3.05, 3.63) is 47.0 Å². The van der Waals surface area contributed by atoms with E-state index in [4.69, 9.17) is 21.4 Å². The number of thiocarbonyl (C=S) groups is 1. The minimum atomic E-state index is -4.64. The van der Waals surface area contributed by atoms with E-state index in [0.29, 0.717) is 31.5 Å². The number of amides is 1. The first-order valence-corrected chi connectivity index (χ1v) is 9.23. The molecule has 1 fully saturated rings. The Kier molecular flexibility index (Phi) is 4.79. The Morgan fingerprint density at radius 1 is 1.28 bits per heavy atom. The molecular formula is C18H10F3N3O3S2. The van der Waals surface area contributed by atoms with Crippen LogP contribution in [0.2, 0.25) is 0 Å². The van der Waals surface area contributed by atoms with Gasteiger partial charge in [0.05, 0.1) is 12.0 Å². The molecule has 4 rings (SSSR count). The molecule has 0 unspecified atom stereocenters. The van der Waals surface area contributed by atoms with Crippen LogP contribution in [-0.4, -0.2) is 27.3 Å². The minimum Gasteiger partial charge on any atom is -0.481 e. The van der Waals surface area contributed by atoms with Crippen LogP contribution in [0, 0.1) is 0 Å². The molecule has 0 atom stereocenters. The van der Waals surface area contributed by atoms with Crippen LogP contribution in [0.25, 0.3) is 28.2 Å². The summed E-state index contributed by atoms with van der Waals surface area (Å²) >= 11 is 6.04. The number of furan rings is 1. The highest BCUT2D eigenvalue weighted by Gasteiger charge is 2.36. The average Bonchev–Trinajstić information content (AvgIpc) is 3.22. The Morgan fingerprint density at radius 3 is 2.72 bits per heavy atom. The highest BCUT2D eigenvalue weighted by atomic mass is 32.2. The van der Waals surface area contributed by atoms with E-state index < -0.39 is 17.6 Å². The Morgan fingerprint density at radius 2 is 2.07 bits per heavy atom. The number of pyridine rings is 2. The van der Waals surface area contributed by atoms with Gasteiger partial charge < -0.3 is 14.5 Å². The Balaban J connectivity index is 1.82. The van der Waals surface area contributed by atoms with Crippen LogP contribution in [0.15, 0.2) is 40.0 Å². The van der Waals surface area contributed by atoms with Gasteiger partial charge in [-0.15, -0.1) is 0 Å². The summed E-state index contributed by atoms with van der Waals surface area (Å²) in [6, 6.07) is 2.57. The number of rotatable bonds is 3. The normalized spacial score (nSPS) is 15.9. The second-order valence-corrected chi connectivity index (χ2v) is 7.60. The summed E-state index contributed by atoms with van der Waals surface area (Å²) in [4.78, 5) is 20.0. The third kappa shape index (κ3) is 3.70. The zero-order valence-electron chi connectivity index (χ0n) is 14.5. The van der Waals surface area contributed by atoms with Crippen molar-refractivity contribution in [2.45, 2.75) is 6.18 Å². The van der Waals surface area contributed by atoms with Gasteiger partial charge in [0.15, 0.2) is 0 Å². The number of hydrogen-bond acceptors (Lipinski definition) is 7. The van der Waals surface area contributed by atoms with Crippen molar-refractivity contribution in [2.24, 2.45) is 0 Å². The molecule has 11 heteroatoms. The molecule has 1 aliphatic heterocycles. The topological polar surface area (TPSA) is 77.3 Å². The van der Waals surface area contributed by atoms with Crippen molar-refractivity contribution >= 4 is 51.3 Å². The fourth-order valence-electron chi connectivity index (χ4n) is 2.77. The second kappa shape index (κ2) is 7.16. The van der Waals surface area contributed by atoms with Gasteiger partial charge in [-0.1, -0.05) is 24.0 Å². The molecule has 3 aromatic rings. The van der Waals surface area contributed by atoms with Crippen LogP contribution < -0.4 is 10.1 Å². The smallest absolute Gasteiger partial charge is 0.421 e. The quantitative estimate of drug-likeness (QED) is 0.481. The largest absolute Gasteiger partial charge is 0.481 e. The third-order valence-electron chi connectivity index (χ3n) is 4.02. The van der Waals surface area contributed by atoms with Gasteiger partial charge >= 0.3 is 6.18 Å². The Bertz CT molecular complexity index is 1190. The van der Waals surface area contributed by atoms with Crippen LogP contribution >= 0.6 is 24.0 Å². The highest BCUT2D eigenvalue weighted by molar-refractivity contribution is 8.26. The maximum Gasteiger partial charge on any atom is 0.421 e. The van der Waals surface area contributed by atoms with Gasteiger partial charge in [0.1, 0.15) is 21.2 Å². The third-order valence-corrected chi connectivity index (χ3v) is 5.18. The first-order chi connectivity index (χ1) is 13.8. The number of thioether (sulfide) groups is 1. The number of methoxy groups -OCH3 is 1. The van der Waals surface area contributed by atoms with Crippen LogP contribution in [0.4, 0.5) is 13.2 Å². The van der Waals surface area contributed by atoms with Gasteiger partial charge in [-0.2, -0.15) is 13.2 Å². The molecule has 0 radical (unpaired) electrons. The molecule has 0 saturated carbocycles. The maximum atomic E-state index is 13.3. The van der Waals surface area contributed by atoms with Crippen molar-refractivity contribution in [3.63, 3.8) is 0 Å². The van der Waals surface area contributed by atoms with Crippen molar-refractivity contribution in [3.8, 4) is 17.0 Å². The van der Waals surface area contributed by atoms with E-state index in [9.17, 15) is 18.0 Å². The lowest BCUT2D eigenvalue weighted by atomic mass is 10.1. The van der Waals surface area contributed by atoms with Crippen LogP contribution in [0.5, 0.6) is 5.88 Å². The van der Waals surface area contributed by atoms with E-state index in [1.807, 2.05) is 0 Å².